The standard InChI is InChI=1S/C19H20N2O2.ClH/c22-19(21-11-9-20-10-12-21)13-18-16-7-2-1-5-14(16)15-6-3-4-8-17(15)23-18;/h1-8,18,20H,9-13H2;1H. The maximum Gasteiger partial charge on any atom is 0.226 e. The highest BCUT2D eigenvalue weighted by atomic mass is 35.5. The molecule has 0 aromatic heterocycles. The van der Waals surface area contributed by atoms with Crippen LogP contribution in [-0.4, -0.2) is 37.0 Å². The Labute approximate surface area is 148 Å². The maximum atomic E-state index is 12.6. The van der Waals surface area contributed by atoms with Gasteiger partial charge in [-0.2, -0.15) is 0 Å². The Balaban J connectivity index is 0.00000169. The molecule has 126 valence electrons. The fourth-order valence-electron chi connectivity index (χ4n) is 3.39. The lowest BCUT2D eigenvalue weighted by Crippen LogP contribution is -2.46. The van der Waals surface area contributed by atoms with E-state index in [0.717, 1.165) is 43.1 Å². The molecule has 1 unspecified atom stereocenters. The summed E-state index contributed by atoms with van der Waals surface area (Å²) in [6.07, 6.45) is 0.189. The van der Waals surface area contributed by atoms with Crippen LogP contribution in [0.5, 0.6) is 5.75 Å². The lowest BCUT2D eigenvalue weighted by Gasteiger charge is -2.32. The number of para-hydroxylation sites is 1. The predicted octanol–water partition coefficient (Wildman–Crippen LogP) is 3.03. The first kappa shape index (κ1) is 16.8. The molecule has 2 aliphatic rings. The summed E-state index contributed by atoms with van der Waals surface area (Å²) in [6, 6.07) is 16.3. The second kappa shape index (κ2) is 7.24. The lowest BCUT2D eigenvalue weighted by molar-refractivity contribution is -0.133. The Hall–Kier alpha value is -2.04. The second-order valence-electron chi connectivity index (χ2n) is 6.02. The smallest absolute Gasteiger partial charge is 0.226 e. The first-order chi connectivity index (χ1) is 11.3. The van der Waals surface area contributed by atoms with Crippen molar-refractivity contribution in [3.8, 4) is 16.9 Å². The number of fused-ring (bicyclic) bond motifs is 3. The monoisotopic (exact) mass is 344 g/mol. The van der Waals surface area contributed by atoms with E-state index in [2.05, 4.69) is 23.5 Å². The minimum absolute atomic E-state index is 0. The van der Waals surface area contributed by atoms with Crippen LogP contribution in [0.25, 0.3) is 11.1 Å². The number of amides is 1. The van der Waals surface area contributed by atoms with Crippen molar-refractivity contribution < 1.29 is 9.53 Å². The van der Waals surface area contributed by atoms with E-state index in [4.69, 9.17) is 4.74 Å². The van der Waals surface area contributed by atoms with Crippen LogP contribution in [-0.2, 0) is 4.79 Å². The number of ether oxygens (including phenoxy) is 1. The summed E-state index contributed by atoms with van der Waals surface area (Å²) in [5.41, 5.74) is 3.39. The maximum absolute atomic E-state index is 12.6. The van der Waals surface area contributed by atoms with Crippen molar-refractivity contribution in [2.75, 3.05) is 26.2 Å². The topological polar surface area (TPSA) is 41.6 Å². The number of carbonyl (C=O) groups is 1. The zero-order valence-electron chi connectivity index (χ0n) is 13.4. The Bertz CT molecular complexity index is 729. The molecule has 1 fully saturated rings. The van der Waals surface area contributed by atoms with Crippen LogP contribution in [0.3, 0.4) is 0 Å². The van der Waals surface area contributed by atoms with Gasteiger partial charge in [-0.3, -0.25) is 4.79 Å². The Morgan fingerprint density at radius 3 is 2.50 bits per heavy atom. The van der Waals surface area contributed by atoms with Crippen molar-refractivity contribution >= 4 is 18.3 Å². The van der Waals surface area contributed by atoms with Gasteiger partial charge >= 0.3 is 0 Å². The quantitative estimate of drug-likeness (QED) is 0.910. The van der Waals surface area contributed by atoms with Crippen LogP contribution in [0.2, 0.25) is 0 Å². The molecule has 1 saturated heterocycles. The molecule has 2 aromatic carbocycles. The molecule has 4 rings (SSSR count). The Morgan fingerprint density at radius 2 is 1.71 bits per heavy atom. The van der Waals surface area contributed by atoms with E-state index in [1.54, 1.807) is 0 Å². The SMILES string of the molecule is Cl.O=C(CC1Oc2ccccc2-c2ccccc21)N1CCNCC1. The van der Waals surface area contributed by atoms with Gasteiger partial charge in [-0.1, -0.05) is 42.5 Å². The highest BCUT2D eigenvalue weighted by Crippen LogP contribution is 2.43. The van der Waals surface area contributed by atoms with Gasteiger partial charge in [0.2, 0.25) is 5.91 Å². The summed E-state index contributed by atoms with van der Waals surface area (Å²) in [7, 11) is 0. The molecule has 5 heteroatoms. The number of benzene rings is 2. The number of halogens is 1. The van der Waals surface area contributed by atoms with Gasteiger partial charge in [0.15, 0.2) is 0 Å². The third kappa shape index (κ3) is 3.12. The summed E-state index contributed by atoms with van der Waals surface area (Å²) in [5.74, 6) is 1.04. The van der Waals surface area contributed by atoms with Gasteiger partial charge in [0, 0.05) is 37.3 Å². The average Bonchev–Trinajstić information content (AvgIpc) is 2.62. The van der Waals surface area contributed by atoms with Gasteiger partial charge in [0.05, 0.1) is 6.42 Å². The highest BCUT2D eigenvalue weighted by Gasteiger charge is 2.29. The molecule has 0 saturated carbocycles. The second-order valence-corrected chi connectivity index (χ2v) is 6.02. The summed E-state index contributed by atoms with van der Waals surface area (Å²) in [4.78, 5) is 14.5. The first-order valence-corrected chi connectivity index (χ1v) is 8.16. The summed E-state index contributed by atoms with van der Waals surface area (Å²) in [6.45, 7) is 3.31. The minimum Gasteiger partial charge on any atom is -0.485 e. The molecular weight excluding hydrogens is 324 g/mol. The molecule has 0 bridgehead atoms. The van der Waals surface area contributed by atoms with Crippen LogP contribution in [0.1, 0.15) is 18.1 Å². The third-order valence-corrected chi connectivity index (χ3v) is 4.58. The lowest BCUT2D eigenvalue weighted by atomic mass is 9.91. The number of piperazine rings is 1. The van der Waals surface area contributed by atoms with E-state index < -0.39 is 0 Å². The largest absolute Gasteiger partial charge is 0.485 e. The van der Waals surface area contributed by atoms with Crippen molar-refractivity contribution in [3.05, 3.63) is 54.1 Å². The van der Waals surface area contributed by atoms with Crippen molar-refractivity contribution in [1.82, 2.24) is 10.2 Å². The van der Waals surface area contributed by atoms with E-state index in [1.807, 2.05) is 35.2 Å². The highest BCUT2D eigenvalue weighted by molar-refractivity contribution is 5.85. The Kier molecular flexibility index (Phi) is 5.07. The number of rotatable bonds is 2. The molecule has 4 nitrogen and oxygen atoms in total. The van der Waals surface area contributed by atoms with Crippen LogP contribution in [0.15, 0.2) is 48.5 Å². The number of hydrogen-bond donors (Lipinski definition) is 1. The third-order valence-electron chi connectivity index (χ3n) is 4.58. The van der Waals surface area contributed by atoms with Crippen molar-refractivity contribution in [2.45, 2.75) is 12.5 Å². The fourth-order valence-corrected chi connectivity index (χ4v) is 3.39. The van der Waals surface area contributed by atoms with Gasteiger partial charge in [-0.15, -0.1) is 12.4 Å². The van der Waals surface area contributed by atoms with E-state index in [1.165, 1.54) is 5.56 Å². The molecule has 0 radical (unpaired) electrons. The number of nitrogens with zero attached hydrogens (tertiary/aromatic N) is 1. The van der Waals surface area contributed by atoms with Gasteiger partial charge in [0.1, 0.15) is 11.9 Å². The normalized spacial score (nSPS) is 18.7. The Morgan fingerprint density at radius 1 is 1.04 bits per heavy atom. The van der Waals surface area contributed by atoms with Crippen LogP contribution < -0.4 is 10.1 Å². The van der Waals surface area contributed by atoms with Gasteiger partial charge in [-0.25, -0.2) is 0 Å². The summed E-state index contributed by atoms with van der Waals surface area (Å²) < 4.78 is 6.16. The van der Waals surface area contributed by atoms with Gasteiger partial charge in [-0.05, 0) is 11.6 Å². The van der Waals surface area contributed by atoms with E-state index in [9.17, 15) is 4.79 Å². The molecule has 2 aromatic rings. The number of carbonyl (C=O) groups excluding carboxylic acids is 1. The van der Waals surface area contributed by atoms with E-state index in [0.29, 0.717) is 6.42 Å². The molecular formula is C19H21ClN2O2. The van der Waals surface area contributed by atoms with Crippen LogP contribution in [0.4, 0.5) is 0 Å². The number of hydrogen-bond acceptors (Lipinski definition) is 3. The zero-order valence-corrected chi connectivity index (χ0v) is 14.2. The van der Waals surface area contributed by atoms with Crippen LogP contribution >= 0.6 is 12.4 Å². The van der Waals surface area contributed by atoms with E-state index >= 15 is 0 Å². The molecule has 1 N–H and O–H groups in total. The molecule has 1 amide bonds. The molecule has 24 heavy (non-hydrogen) atoms. The predicted molar refractivity (Wildman–Crippen MR) is 96.6 cm³/mol. The summed E-state index contributed by atoms with van der Waals surface area (Å²) >= 11 is 0. The molecule has 2 aliphatic heterocycles. The molecule has 1 atom stereocenters. The minimum atomic E-state index is -0.205. The molecule has 2 heterocycles. The first-order valence-electron chi connectivity index (χ1n) is 8.16. The fraction of sp³-hybridized carbons (Fsp3) is 0.316. The van der Waals surface area contributed by atoms with Crippen molar-refractivity contribution in [1.29, 1.82) is 0 Å². The number of nitrogens with one attached hydrogen (secondary N) is 1. The van der Waals surface area contributed by atoms with E-state index in [-0.39, 0.29) is 24.4 Å². The zero-order chi connectivity index (χ0) is 15.6. The van der Waals surface area contributed by atoms with Gasteiger partial charge < -0.3 is 15.0 Å². The summed E-state index contributed by atoms with van der Waals surface area (Å²) in [5, 5.41) is 3.28. The van der Waals surface area contributed by atoms with Crippen molar-refractivity contribution in [2.24, 2.45) is 0 Å². The molecule has 0 aliphatic carbocycles. The molecule has 0 spiro atoms. The average molecular weight is 345 g/mol. The van der Waals surface area contributed by atoms with Crippen LogP contribution in [0, 0.1) is 0 Å². The van der Waals surface area contributed by atoms with Crippen molar-refractivity contribution in [3.63, 3.8) is 0 Å². The van der Waals surface area contributed by atoms with Gasteiger partial charge in [0.25, 0.3) is 0 Å².